The predicted octanol–water partition coefficient (Wildman–Crippen LogP) is 3.58. The summed E-state index contributed by atoms with van der Waals surface area (Å²) in [6, 6.07) is 10.1. The first-order chi connectivity index (χ1) is 11.7. The molecule has 3 rings (SSSR count). The Labute approximate surface area is 141 Å². The van der Waals surface area contributed by atoms with Crippen molar-refractivity contribution in [2.45, 2.75) is 32.2 Å². The molecule has 0 unspecified atom stereocenters. The first kappa shape index (κ1) is 16.7. The van der Waals surface area contributed by atoms with Crippen molar-refractivity contribution >= 4 is 5.91 Å². The van der Waals surface area contributed by atoms with Gasteiger partial charge in [0.25, 0.3) is 0 Å². The van der Waals surface area contributed by atoms with Crippen molar-refractivity contribution in [1.82, 2.24) is 10.2 Å². The van der Waals surface area contributed by atoms with Crippen molar-refractivity contribution in [3.63, 3.8) is 0 Å². The Bertz CT molecular complexity index is 666. The maximum Gasteiger partial charge on any atom is 0.222 e. The zero-order chi connectivity index (χ0) is 16.8. The first-order valence-corrected chi connectivity index (χ1v) is 8.55. The average molecular weight is 330 g/mol. The van der Waals surface area contributed by atoms with E-state index in [1.165, 1.54) is 12.1 Å². The van der Waals surface area contributed by atoms with Crippen molar-refractivity contribution in [3.8, 4) is 11.3 Å². The molecule has 1 N–H and O–H groups in total. The molecule has 0 radical (unpaired) electrons. The maximum absolute atomic E-state index is 13.0. The number of rotatable bonds is 6. The second-order valence-corrected chi connectivity index (χ2v) is 6.14. The number of hydrogen-bond donors (Lipinski definition) is 1. The molecule has 128 valence electrons. The molecule has 1 saturated heterocycles. The van der Waals surface area contributed by atoms with Crippen molar-refractivity contribution in [2.24, 2.45) is 0 Å². The number of nitrogens with zero attached hydrogens (tertiary/aromatic N) is 1. The maximum atomic E-state index is 13.0. The molecule has 1 aliphatic heterocycles. The molecule has 0 atom stereocenters. The van der Waals surface area contributed by atoms with E-state index in [4.69, 9.17) is 4.42 Å². The molecule has 5 heteroatoms. The summed E-state index contributed by atoms with van der Waals surface area (Å²) in [5.74, 6) is 1.58. The zero-order valence-electron chi connectivity index (χ0n) is 13.8. The number of carbonyl (C=O) groups excluding carboxylic acids is 1. The van der Waals surface area contributed by atoms with Crippen molar-refractivity contribution in [2.75, 3.05) is 19.6 Å². The van der Waals surface area contributed by atoms with Crippen LogP contribution in [0, 0.1) is 5.82 Å². The highest BCUT2D eigenvalue weighted by Gasteiger charge is 2.15. The van der Waals surface area contributed by atoms with Gasteiger partial charge in [-0.1, -0.05) is 6.42 Å². The molecule has 1 aromatic carbocycles. The lowest BCUT2D eigenvalue weighted by molar-refractivity contribution is -0.130. The monoisotopic (exact) mass is 330 g/mol. The van der Waals surface area contributed by atoms with Crippen LogP contribution < -0.4 is 5.32 Å². The fraction of sp³-hybridized carbons (Fsp3) is 0.421. The highest BCUT2D eigenvalue weighted by Crippen LogP contribution is 2.22. The summed E-state index contributed by atoms with van der Waals surface area (Å²) in [4.78, 5) is 13.9. The Morgan fingerprint density at radius 1 is 1.08 bits per heavy atom. The Hall–Kier alpha value is -2.14. The predicted molar refractivity (Wildman–Crippen MR) is 90.9 cm³/mol. The molecule has 1 fully saturated rings. The lowest BCUT2D eigenvalue weighted by Crippen LogP contribution is -2.36. The van der Waals surface area contributed by atoms with E-state index < -0.39 is 0 Å². The van der Waals surface area contributed by atoms with E-state index >= 15 is 0 Å². The number of nitrogens with one attached hydrogen (secondary N) is 1. The lowest BCUT2D eigenvalue weighted by Gasteiger charge is -2.20. The van der Waals surface area contributed by atoms with Crippen LogP contribution in [0.1, 0.15) is 31.4 Å². The summed E-state index contributed by atoms with van der Waals surface area (Å²) in [5.41, 5.74) is 0.859. The van der Waals surface area contributed by atoms with Crippen molar-refractivity contribution < 1.29 is 13.6 Å². The number of likely N-dealkylation sites (tertiary alicyclic amines) is 1. The highest BCUT2D eigenvalue weighted by atomic mass is 19.1. The normalized spacial score (nSPS) is 15.5. The molecule has 1 aromatic heterocycles. The number of furan rings is 1. The van der Waals surface area contributed by atoms with E-state index in [0.717, 1.165) is 56.0 Å². The standard InChI is InChI=1S/C19H23FN2O2/c20-16-7-5-15(6-8-16)18-10-9-17(24-18)14-21-11-13-22-12-3-1-2-4-19(22)23/h5-10,21H,1-4,11-14H2. The highest BCUT2D eigenvalue weighted by molar-refractivity contribution is 5.76. The second-order valence-electron chi connectivity index (χ2n) is 6.14. The Morgan fingerprint density at radius 2 is 1.92 bits per heavy atom. The number of carbonyl (C=O) groups is 1. The van der Waals surface area contributed by atoms with Crippen LogP contribution in [0.4, 0.5) is 4.39 Å². The number of hydrogen-bond acceptors (Lipinski definition) is 3. The Balaban J connectivity index is 1.45. The van der Waals surface area contributed by atoms with Gasteiger partial charge in [-0.15, -0.1) is 0 Å². The van der Waals surface area contributed by atoms with Gasteiger partial charge in [-0.05, 0) is 49.2 Å². The zero-order valence-corrected chi connectivity index (χ0v) is 13.8. The summed E-state index contributed by atoms with van der Waals surface area (Å²) in [6.07, 6.45) is 3.94. The van der Waals surface area contributed by atoms with Gasteiger partial charge in [0.1, 0.15) is 17.3 Å². The van der Waals surface area contributed by atoms with Crippen LogP contribution in [-0.2, 0) is 11.3 Å². The molecule has 0 aliphatic carbocycles. The summed E-state index contributed by atoms with van der Waals surface area (Å²) in [6.45, 7) is 2.97. The molecule has 0 spiro atoms. The third-order valence-corrected chi connectivity index (χ3v) is 4.32. The fourth-order valence-electron chi connectivity index (χ4n) is 2.94. The summed E-state index contributed by atoms with van der Waals surface area (Å²) < 4.78 is 18.7. The van der Waals surface area contributed by atoms with E-state index in [0.29, 0.717) is 13.0 Å². The Kier molecular flexibility index (Phi) is 5.64. The van der Waals surface area contributed by atoms with Gasteiger partial charge < -0.3 is 14.6 Å². The molecule has 4 nitrogen and oxygen atoms in total. The SMILES string of the molecule is O=C1CCCCCN1CCNCc1ccc(-c2ccc(F)cc2)o1. The van der Waals surface area contributed by atoms with Crippen LogP contribution in [0.25, 0.3) is 11.3 Å². The number of benzene rings is 1. The summed E-state index contributed by atoms with van der Waals surface area (Å²) >= 11 is 0. The minimum absolute atomic E-state index is 0.254. The second kappa shape index (κ2) is 8.11. The van der Waals surface area contributed by atoms with Gasteiger partial charge in [0.2, 0.25) is 5.91 Å². The van der Waals surface area contributed by atoms with Gasteiger partial charge in [-0.2, -0.15) is 0 Å². The smallest absolute Gasteiger partial charge is 0.222 e. The van der Waals surface area contributed by atoms with Crippen LogP contribution in [0.2, 0.25) is 0 Å². The van der Waals surface area contributed by atoms with E-state index in [2.05, 4.69) is 5.32 Å². The molecule has 24 heavy (non-hydrogen) atoms. The minimum atomic E-state index is -0.254. The largest absolute Gasteiger partial charge is 0.460 e. The molecule has 2 heterocycles. The molecule has 1 amide bonds. The Morgan fingerprint density at radius 3 is 2.75 bits per heavy atom. The lowest BCUT2D eigenvalue weighted by atomic mass is 10.2. The topological polar surface area (TPSA) is 45.5 Å². The van der Waals surface area contributed by atoms with Crippen molar-refractivity contribution in [3.05, 3.63) is 48.0 Å². The van der Waals surface area contributed by atoms with E-state index in [-0.39, 0.29) is 11.7 Å². The third-order valence-electron chi connectivity index (χ3n) is 4.32. The fourth-order valence-corrected chi connectivity index (χ4v) is 2.94. The van der Waals surface area contributed by atoms with Crippen LogP contribution >= 0.6 is 0 Å². The van der Waals surface area contributed by atoms with Gasteiger partial charge in [0.15, 0.2) is 0 Å². The molecule has 0 bridgehead atoms. The quantitative estimate of drug-likeness (QED) is 0.824. The van der Waals surface area contributed by atoms with Crippen molar-refractivity contribution in [1.29, 1.82) is 0 Å². The van der Waals surface area contributed by atoms with Gasteiger partial charge in [-0.25, -0.2) is 4.39 Å². The van der Waals surface area contributed by atoms with E-state index in [9.17, 15) is 9.18 Å². The third kappa shape index (κ3) is 4.45. The number of halogens is 1. The van der Waals surface area contributed by atoms with E-state index in [1.807, 2.05) is 17.0 Å². The number of amides is 1. The molecule has 0 saturated carbocycles. The van der Waals surface area contributed by atoms with Crippen LogP contribution in [-0.4, -0.2) is 30.4 Å². The molecule has 1 aliphatic rings. The molecular formula is C19H23FN2O2. The van der Waals surface area contributed by atoms with Gasteiger partial charge in [0.05, 0.1) is 6.54 Å². The summed E-state index contributed by atoms with van der Waals surface area (Å²) in [7, 11) is 0. The van der Waals surface area contributed by atoms with Gasteiger partial charge in [0, 0.05) is 31.6 Å². The van der Waals surface area contributed by atoms with Crippen LogP contribution in [0.15, 0.2) is 40.8 Å². The van der Waals surface area contributed by atoms with E-state index in [1.54, 1.807) is 12.1 Å². The van der Waals surface area contributed by atoms with Gasteiger partial charge >= 0.3 is 0 Å². The van der Waals surface area contributed by atoms with Crippen LogP contribution in [0.5, 0.6) is 0 Å². The first-order valence-electron chi connectivity index (χ1n) is 8.55. The average Bonchev–Trinajstić information content (AvgIpc) is 2.96. The summed E-state index contributed by atoms with van der Waals surface area (Å²) in [5, 5.41) is 3.32. The van der Waals surface area contributed by atoms with Gasteiger partial charge in [-0.3, -0.25) is 4.79 Å². The molecular weight excluding hydrogens is 307 g/mol. The minimum Gasteiger partial charge on any atom is -0.460 e. The molecule has 2 aromatic rings. The van der Waals surface area contributed by atoms with Crippen LogP contribution in [0.3, 0.4) is 0 Å².